The third kappa shape index (κ3) is 6.72. The Balaban J connectivity index is 1.25. The number of amides is 1. The quantitative estimate of drug-likeness (QED) is 0.274. The number of nitrogens with zero attached hydrogens (tertiary/aromatic N) is 3. The fraction of sp³-hybridized carbons (Fsp3) is 0.172. The van der Waals surface area contributed by atoms with Gasteiger partial charge >= 0.3 is 6.18 Å². The van der Waals surface area contributed by atoms with E-state index in [0.29, 0.717) is 5.69 Å². The molecule has 0 unspecified atom stereocenters. The number of benzene rings is 3. The Morgan fingerprint density at radius 3 is 2.44 bits per heavy atom. The number of nitrogens with one attached hydrogen (secondary N) is 2. The number of piperazine rings is 1. The van der Waals surface area contributed by atoms with Gasteiger partial charge in [-0.3, -0.25) is 4.79 Å². The maximum absolute atomic E-state index is 13.0. The summed E-state index contributed by atoms with van der Waals surface area (Å²) in [5.41, 5.74) is 1.54. The van der Waals surface area contributed by atoms with Crippen molar-refractivity contribution in [2.45, 2.75) is 6.18 Å². The van der Waals surface area contributed by atoms with Crippen molar-refractivity contribution in [2.75, 3.05) is 36.5 Å². The number of rotatable bonds is 7. The lowest BCUT2D eigenvalue weighted by Crippen LogP contribution is -2.50. The number of anilines is 3. The van der Waals surface area contributed by atoms with Crippen LogP contribution >= 0.6 is 11.3 Å². The molecule has 2 heterocycles. The number of thiazole rings is 1. The highest BCUT2D eigenvalue weighted by atomic mass is 32.1. The van der Waals surface area contributed by atoms with Crippen LogP contribution in [0.5, 0.6) is 0 Å². The molecule has 1 aliphatic heterocycles. The molecular formula is C29H26F3N5OS. The van der Waals surface area contributed by atoms with Crippen LogP contribution in [0.1, 0.15) is 26.4 Å². The number of hydrogen-bond donors (Lipinski definition) is 2. The molecule has 0 radical (unpaired) electrons. The van der Waals surface area contributed by atoms with Gasteiger partial charge < -0.3 is 10.6 Å². The first kappa shape index (κ1) is 26.6. The molecule has 1 fully saturated rings. The summed E-state index contributed by atoms with van der Waals surface area (Å²) in [6, 6.07) is 21.6. The van der Waals surface area contributed by atoms with E-state index in [0.717, 1.165) is 59.6 Å². The first-order valence-electron chi connectivity index (χ1n) is 12.4. The van der Waals surface area contributed by atoms with E-state index in [4.69, 9.17) is 4.98 Å². The number of alkyl halides is 3. The van der Waals surface area contributed by atoms with Gasteiger partial charge in [0.1, 0.15) is 0 Å². The second-order valence-corrected chi connectivity index (χ2v) is 9.92. The van der Waals surface area contributed by atoms with Crippen LogP contribution in [0.15, 0.2) is 85.1 Å². The minimum atomic E-state index is -4.51. The van der Waals surface area contributed by atoms with E-state index < -0.39 is 17.6 Å². The number of carbonyl (C=O) groups is 1. The van der Waals surface area contributed by atoms with Crippen molar-refractivity contribution in [3.63, 3.8) is 0 Å². The van der Waals surface area contributed by atoms with Gasteiger partial charge in [0.2, 0.25) is 5.13 Å². The van der Waals surface area contributed by atoms with Crippen LogP contribution in [0.2, 0.25) is 0 Å². The van der Waals surface area contributed by atoms with Gasteiger partial charge in [-0.05, 0) is 54.1 Å². The molecule has 1 saturated heterocycles. The van der Waals surface area contributed by atoms with Crippen molar-refractivity contribution in [1.29, 1.82) is 0 Å². The minimum Gasteiger partial charge on any atom is -0.322 e. The molecule has 0 atom stereocenters. The van der Waals surface area contributed by atoms with Gasteiger partial charge in [0.25, 0.3) is 5.91 Å². The molecule has 1 aromatic heterocycles. The highest BCUT2D eigenvalue weighted by Crippen LogP contribution is 2.32. The fourth-order valence-corrected chi connectivity index (χ4v) is 5.03. The second-order valence-electron chi connectivity index (χ2n) is 8.88. The molecule has 1 aliphatic rings. The topological polar surface area (TPSA) is 60.5 Å². The molecule has 0 spiro atoms. The van der Waals surface area contributed by atoms with Crippen LogP contribution in [0.4, 0.5) is 29.7 Å². The maximum Gasteiger partial charge on any atom is 0.416 e. The maximum atomic E-state index is 13.0. The summed E-state index contributed by atoms with van der Waals surface area (Å²) in [4.78, 5) is 18.1. The van der Waals surface area contributed by atoms with Crippen LogP contribution in [0, 0.1) is 0 Å². The molecule has 3 aromatic carbocycles. The third-order valence-electron chi connectivity index (χ3n) is 6.13. The molecule has 0 aliphatic carbocycles. The van der Waals surface area contributed by atoms with Gasteiger partial charge in [-0.25, -0.2) is 15.0 Å². The van der Waals surface area contributed by atoms with Gasteiger partial charge in [0, 0.05) is 48.5 Å². The van der Waals surface area contributed by atoms with Gasteiger partial charge in [-0.1, -0.05) is 53.8 Å². The Morgan fingerprint density at radius 1 is 0.974 bits per heavy atom. The van der Waals surface area contributed by atoms with E-state index in [-0.39, 0.29) is 5.56 Å². The second kappa shape index (κ2) is 11.8. The van der Waals surface area contributed by atoms with Crippen molar-refractivity contribution in [3.05, 3.63) is 107 Å². The Hall–Kier alpha value is -3.99. The molecule has 6 nitrogen and oxygen atoms in total. The summed E-state index contributed by atoms with van der Waals surface area (Å²) >= 11 is 1.59. The number of para-hydroxylation sites is 1. The Kier molecular flexibility index (Phi) is 8.06. The Morgan fingerprint density at radius 2 is 1.72 bits per heavy atom. The van der Waals surface area contributed by atoms with Gasteiger partial charge in [0.15, 0.2) is 0 Å². The molecular weight excluding hydrogens is 523 g/mol. The zero-order valence-corrected chi connectivity index (χ0v) is 21.7. The van der Waals surface area contributed by atoms with Crippen molar-refractivity contribution in [1.82, 2.24) is 15.3 Å². The summed E-state index contributed by atoms with van der Waals surface area (Å²) in [5, 5.41) is 11.4. The van der Waals surface area contributed by atoms with E-state index in [1.165, 1.54) is 12.1 Å². The summed E-state index contributed by atoms with van der Waals surface area (Å²) in [5.74, 6) is -0.603. The standard InChI is InChI=1S/C29H26F3N5OS/c30-29(31,32)23-6-4-5-22(19-23)27(38)35-24-12-9-21(10-13-24)11-14-26-20-34-28(39-26)37(25-7-2-1-3-8-25)36-17-15-33-16-18-36/h1-14,19-20,33H,15-18H2,(H,35,38). The zero-order valence-electron chi connectivity index (χ0n) is 20.9. The predicted molar refractivity (Wildman–Crippen MR) is 150 cm³/mol. The number of carbonyl (C=O) groups excluding carboxylic acids is 1. The first-order valence-corrected chi connectivity index (χ1v) is 13.2. The van der Waals surface area contributed by atoms with Crippen molar-refractivity contribution in [2.24, 2.45) is 0 Å². The molecule has 10 heteroatoms. The summed E-state index contributed by atoms with van der Waals surface area (Å²) in [7, 11) is 0. The normalized spacial score (nSPS) is 14.4. The lowest BCUT2D eigenvalue weighted by Gasteiger charge is -2.37. The average Bonchev–Trinajstić information content (AvgIpc) is 3.42. The fourth-order valence-electron chi connectivity index (χ4n) is 4.16. The van der Waals surface area contributed by atoms with Crippen LogP contribution in [-0.2, 0) is 6.18 Å². The third-order valence-corrected chi connectivity index (χ3v) is 7.07. The van der Waals surface area contributed by atoms with Gasteiger partial charge in [-0.15, -0.1) is 0 Å². The van der Waals surface area contributed by atoms with Crippen LogP contribution in [0.25, 0.3) is 12.2 Å². The largest absolute Gasteiger partial charge is 0.416 e. The number of aromatic nitrogens is 1. The van der Waals surface area contributed by atoms with E-state index >= 15 is 0 Å². The van der Waals surface area contributed by atoms with Crippen molar-refractivity contribution in [3.8, 4) is 0 Å². The summed E-state index contributed by atoms with van der Waals surface area (Å²) in [6.45, 7) is 3.60. The molecule has 2 N–H and O–H groups in total. The lowest BCUT2D eigenvalue weighted by atomic mass is 10.1. The Labute approximate surface area is 228 Å². The summed E-state index contributed by atoms with van der Waals surface area (Å²) in [6.07, 6.45) is 1.28. The first-order chi connectivity index (χ1) is 18.9. The lowest BCUT2D eigenvalue weighted by molar-refractivity contribution is -0.137. The Bertz CT molecular complexity index is 1430. The van der Waals surface area contributed by atoms with E-state index in [9.17, 15) is 18.0 Å². The monoisotopic (exact) mass is 549 g/mol. The van der Waals surface area contributed by atoms with Gasteiger partial charge in [-0.2, -0.15) is 13.2 Å². The van der Waals surface area contributed by atoms with Crippen LogP contribution < -0.4 is 15.6 Å². The minimum absolute atomic E-state index is 0.0554. The average molecular weight is 550 g/mol. The number of halogens is 3. The van der Waals surface area contributed by atoms with Crippen molar-refractivity contribution >= 4 is 45.9 Å². The van der Waals surface area contributed by atoms with Crippen molar-refractivity contribution < 1.29 is 18.0 Å². The molecule has 0 bridgehead atoms. The molecule has 200 valence electrons. The molecule has 4 aromatic rings. The molecule has 5 rings (SSSR count). The van der Waals surface area contributed by atoms with E-state index in [1.807, 2.05) is 48.7 Å². The predicted octanol–water partition coefficient (Wildman–Crippen LogP) is 6.54. The highest BCUT2D eigenvalue weighted by molar-refractivity contribution is 7.16. The number of hydrogen-bond acceptors (Lipinski definition) is 6. The van der Waals surface area contributed by atoms with Crippen LogP contribution in [0.3, 0.4) is 0 Å². The smallest absolute Gasteiger partial charge is 0.322 e. The van der Waals surface area contributed by atoms with Crippen LogP contribution in [-0.4, -0.2) is 42.1 Å². The van der Waals surface area contributed by atoms with Gasteiger partial charge in [0.05, 0.1) is 11.3 Å². The molecule has 39 heavy (non-hydrogen) atoms. The summed E-state index contributed by atoms with van der Waals surface area (Å²) < 4.78 is 38.9. The van der Waals surface area contributed by atoms with E-state index in [1.54, 1.807) is 23.5 Å². The molecule has 1 amide bonds. The molecule has 0 saturated carbocycles. The number of hydrazine groups is 1. The van der Waals surface area contributed by atoms with E-state index in [2.05, 4.69) is 32.8 Å². The zero-order chi connectivity index (χ0) is 27.2. The SMILES string of the molecule is O=C(Nc1ccc(C=Cc2cnc(N(c3ccccc3)N3CCNCC3)s2)cc1)c1cccc(C(F)(F)F)c1. The highest BCUT2D eigenvalue weighted by Gasteiger charge is 2.31.